The van der Waals surface area contributed by atoms with Crippen LogP contribution in [0, 0.1) is 5.92 Å². The molecule has 0 heterocycles. The summed E-state index contributed by atoms with van der Waals surface area (Å²) in [4.78, 5) is 0. The summed E-state index contributed by atoms with van der Waals surface area (Å²) < 4.78 is 7.28. The first-order valence-electron chi connectivity index (χ1n) is 3.47. The van der Waals surface area contributed by atoms with Gasteiger partial charge >= 0.3 is 0 Å². The first-order chi connectivity index (χ1) is 3.79. The van der Waals surface area contributed by atoms with Crippen LogP contribution in [0.15, 0.2) is 12.2 Å². The third kappa shape index (κ3) is 1.34. The highest BCUT2D eigenvalue weighted by Crippen LogP contribution is 2.14. The Balaban J connectivity index is 2.42. The topological polar surface area (TPSA) is 0 Å². The van der Waals surface area contributed by atoms with Gasteiger partial charge in [0.1, 0.15) is 0 Å². The molecule has 40 valence electrons. The lowest BCUT2D eigenvalue weighted by molar-refractivity contribution is 0.584. The Morgan fingerprint density at radius 2 is 2.71 bits per heavy atom. The SMILES string of the molecule is [2H][C@H]1C=C[C@@H](C)CC1. The number of hydrogen-bond acceptors (Lipinski definition) is 0. The van der Waals surface area contributed by atoms with Crippen molar-refractivity contribution in [1.29, 1.82) is 0 Å². The van der Waals surface area contributed by atoms with Gasteiger partial charge in [-0.2, -0.15) is 0 Å². The first kappa shape index (κ1) is 3.71. The molecule has 0 aliphatic heterocycles. The maximum absolute atomic E-state index is 7.28. The van der Waals surface area contributed by atoms with E-state index in [0.29, 0.717) is 0 Å². The molecule has 0 aromatic heterocycles. The van der Waals surface area contributed by atoms with E-state index in [9.17, 15) is 0 Å². The molecule has 7 heavy (non-hydrogen) atoms. The van der Waals surface area contributed by atoms with Crippen LogP contribution in [0.25, 0.3) is 0 Å². The molecule has 0 nitrogen and oxygen atoms in total. The summed E-state index contributed by atoms with van der Waals surface area (Å²) in [5.74, 6) is 0.719. The molecule has 0 aromatic carbocycles. The van der Waals surface area contributed by atoms with E-state index >= 15 is 0 Å². The van der Waals surface area contributed by atoms with Crippen molar-refractivity contribution in [2.24, 2.45) is 5.92 Å². The monoisotopic (exact) mass is 97.1 g/mol. The molecule has 0 fully saturated rings. The summed E-state index contributed by atoms with van der Waals surface area (Å²) in [5, 5.41) is 0. The Morgan fingerprint density at radius 3 is 3.14 bits per heavy atom. The Bertz CT molecular complexity index is 84.6. The van der Waals surface area contributed by atoms with Crippen LogP contribution in [0.4, 0.5) is 0 Å². The normalized spacial score (nSPS) is 43.3. The van der Waals surface area contributed by atoms with Crippen LogP contribution in [-0.2, 0) is 0 Å². The van der Waals surface area contributed by atoms with Gasteiger partial charge in [-0.1, -0.05) is 19.1 Å². The van der Waals surface area contributed by atoms with Crippen molar-refractivity contribution in [2.75, 3.05) is 0 Å². The van der Waals surface area contributed by atoms with E-state index in [1.165, 1.54) is 6.42 Å². The maximum Gasteiger partial charge on any atom is 0.0310 e. The van der Waals surface area contributed by atoms with E-state index in [-0.39, 0.29) is 6.40 Å². The Kier molecular flexibility index (Phi) is 1.14. The predicted octanol–water partition coefficient (Wildman–Crippen LogP) is 2.36. The summed E-state index contributed by atoms with van der Waals surface area (Å²) in [6, 6.07) is 0. The summed E-state index contributed by atoms with van der Waals surface area (Å²) in [7, 11) is 0. The minimum absolute atomic E-state index is 0.0891. The van der Waals surface area contributed by atoms with Crippen LogP contribution in [0.5, 0.6) is 0 Å². The van der Waals surface area contributed by atoms with E-state index in [0.717, 1.165) is 12.3 Å². The Morgan fingerprint density at radius 1 is 1.86 bits per heavy atom. The van der Waals surface area contributed by atoms with Crippen LogP contribution < -0.4 is 0 Å². The van der Waals surface area contributed by atoms with Gasteiger partial charge in [0.05, 0.1) is 0 Å². The van der Waals surface area contributed by atoms with E-state index in [1.54, 1.807) is 0 Å². The smallest absolute Gasteiger partial charge is 0.0310 e. The molecule has 0 aromatic rings. The fourth-order valence-corrected chi connectivity index (χ4v) is 0.820. The van der Waals surface area contributed by atoms with Crippen molar-refractivity contribution in [3.8, 4) is 0 Å². The summed E-state index contributed by atoms with van der Waals surface area (Å²) >= 11 is 0. The van der Waals surface area contributed by atoms with Crippen LogP contribution in [-0.4, -0.2) is 0 Å². The average molecular weight is 97.2 g/mol. The minimum atomic E-state index is 0.0891. The fourth-order valence-electron chi connectivity index (χ4n) is 0.820. The third-order valence-electron chi connectivity index (χ3n) is 1.36. The van der Waals surface area contributed by atoms with Gasteiger partial charge in [-0.05, 0) is 25.2 Å². The molecule has 0 unspecified atom stereocenters. The predicted molar refractivity (Wildman–Crippen MR) is 32.2 cm³/mol. The van der Waals surface area contributed by atoms with Crippen LogP contribution in [0.1, 0.15) is 27.5 Å². The molecule has 0 heteroatoms. The Labute approximate surface area is 46.6 Å². The average Bonchev–Trinajstić information content (AvgIpc) is 1.77. The molecule has 1 rings (SSSR count). The van der Waals surface area contributed by atoms with Gasteiger partial charge in [0.2, 0.25) is 0 Å². The van der Waals surface area contributed by atoms with Crippen LogP contribution in [0.2, 0.25) is 0 Å². The molecule has 0 amide bonds. The second-order valence-electron chi connectivity index (χ2n) is 2.18. The maximum atomic E-state index is 7.28. The van der Waals surface area contributed by atoms with Crippen molar-refractivity contribution in [3.05, 3.63) is 12.2 Å². The van der Waals surface area contributed by atoms with Gasteiger partial charge in [0.15, 0.2) is 0 Å². The first-order valence-corrected chi connectivity index (χ1v) is 2.89. The van der Waals surface area contributed by atoms with E-state index < -0.39 is 0 Å². The van der Waals surface area contributed by atoms with Crippen LogP contribution >= 0.6 is 0 Å². The molecule has 0 spiro atoms. The van der Waals surface area contributed by atoms with Gasteiger partial charge in [-0.3, -0.25) is 0 Å². The molecule has 2 atom stereocenters. The molecular weight excluding hydrogens is 84.1 g/mol. The summed E-state index contributed by atoms with van der Waals surface area (Å²) in [6.45, 7) is 2.20. The van der Waals surface area contributed by atoms with Crippen molar-refractivity contribution >= 4 is 0 Å². The summed E-state index contributed by atoms with van der Waals surface area (Å²) in [6.07, 6.45) is 6.48. The second kappa shape index (κ2) is 2.15. The number of rotatable bonds is 0. The molecule has 0 radical (unpaired) electrons. The minimum Gasteiger partial charge on any atom is -0.0883 e. The standard InChI is InChI=1S/C7H12/c1-7-5-3-2-4-6-7/h3,5,7H,2,4,6H2,1H3/t7-/m1/s1/i2D/t2-,7+/m0. The summed E-state index contributed by atoms with van der Waals surface area (Å²) in [5.41, 5.74) is 0. The van der Waals surface area contributed by atoms with Crippen molar-refractivity contribution < 1.29 is 1.37 Å². The van der Waals surface area contributed by atoms with Crippen molar-refractivity contribution in [1.82, 2.24) is 0 Å². The van der Waals surface area contributed by atoms with Crippen molar-refractivity contribution in [2.45, 2.75) is 26.2 Å². The van der Waals surface area contributed by atoms with Gasteiger partial charge in [0.25, 0.3) is 0 Å². The van der Waals surface area contributed by atoms with Crippen LogP contribution in [0.3, 0.4) is 0 Å². The van der Waals surface area contributed by atoms with Gasteiger partial charge in [-0.15, -0.1) is 0 Å². The zero-order valence-corrected chi connectivity index (χ0v) is 4.72. The molecule has 1 aliphatic rings. The molecular formula is C7H12. The zero-order valence-electron chi connectivity index (χ0n) is 5.72. The highest BCUT2D eigenvalue weighted by Gasteiger charge is 1.98. The van der Waals surface area contributed by atoms with E-state index in [1.807, 2.05) is 6.08 Å². The molecule has 0 saturated heterocycles. The number of hydrogen-bond donors (Lipinski definition) is 0. The van der Waals surface area contributed by atoms with E-state index in [4.69, 9.17) is 1.37 Å². The van der Waals surface area contributed by atoms with Gasteiger partial charge in [-0.25, -0.2) is 0 Å². The molecule has 0 bridgehead atoms. The Hall–Kier alpha value is -0.260. The quantitative estimate of drug-likeness (QED) is 0.407. The van der Waals surface area contributed by atoms with Crippen molar-refractivity contribution in [3.63, 3.8) is 0 Å². The third-order valence-corrected chi connectivity index (χ3v) is 1.36. The molecule has 0 N–H and O–H groups in total. The van der Waals surface area contributed by atoms with E-state index in [2.05, 4.69) is 13.0 Å². The lowest BCUT2D eigenvalue weighted by Crippen LogP contribution is -1.92. The highest BCUT2D eigenvalue weighted by atomic mass is 14.0. The lowest BCUT2D eigenvalue weighted by Gasteiger charge is -2.08. The molecule has 0 saturated carbocycles. The molecule has 1 aliphatic carbocycles. The van der Waals surface area contributed by atoms with Gasteiger partial charge in [0, 0.05) is 1.37 Å². The number of allylic oxidation sites excluding steroid dienone is 2. The highest BCUT2D eigenvalue weighted by molar-refractivity contribution is 4.90. The lowest BCUT2D eigenvalue weighted by atomic mass is 9.98. The largest absolute Gasteiger partial charge is 0.0883 e. The second-order valence-corrected chi connectivity index (χ2v) is 2.18. The van der Waals surface area contributed by atoms with Gasteiger partial charge < -0.3 is 0 Å². The fraction of sp³-hybridized carbons (Fsp3) is 0.714. The zero-order chi connectivity index (χ0) is 5.98.